The molecule has 1 heterocycles. The Kier molecular flexibility index (Phi) is 4.61. The number of sulfonamides is 1. The molecular formula is C15H12ClN3O2S2. The zero-order valence-electron chi connectivity index (χ0n) is 11.8. The second kappa shape index (κ2) is 6.66. The van der Waals surface area contributed by atoms with Crippen molar-refractivity contribution in [3.05, 3.63) is 65.2 Å². The Morgan fingerprint density at radius 1 is 1.00 bits per heavy atom. The van der Waals surface area contributed by atoms with E-state index in [1.165, 1.54) is 11.3 Å². The molecule has 0 atom stereocenters. The monoisotopic (exact) mass is 365 g/mol. The predicted molar refractivity (Wildman–Crippen MR) is 93.0 cm³/mol. The summed E-state index contributed by atoms with van der Waals surface area (Å²) in [7, 11) is -3.55. The van der Waals surface area contributed by atoms with Gasteiger partial charge in [-0.3, -0.25) is 4.72 Å². The summed E-state index contributed by atoms with van der Waals surface area (Å²) >= 11 is 6.98. The summed E-state index contributed by atoms with van der Waals surface area (Å²) in [5, 5.41) is 9.38. The van der Waals surface area contributed by atoms with Gasteiger partial charge in [0.25, 0.3) is 0 Å². The highest BCUT2D eigenvalue weighted by molar-refractivity contribution is 7.92. The maximum Gasteiger partial charge on any atom is 0.238 e. The van der Waals surface area contributed by atoms with Gasteiger partial charge in [0.15, 0.2) is 0 Å². The highest BCUT2D eigenvalue weighted by atomic mass is 35.5. The van der Waals surface area contributed by atoms with Gasteiger partial charge in [0.05, 0.1) is 5.75 Å². The zero-order chi connectivity index (χ0) is 16.3. The van der Waals surface area contributed by atoms with E-state index in [1.807, 2.05) is 30.3 Å². The number of anilines is 1. The van der Waals surface area contributed by atoms with Crippen LogP contribution in [0, 0.1) is 0 Å². The lowest BCUT2D eigenvalue weighted by atomic mass is 10.2. The van der Waals surface area contributed by atoms with Gasteiger partial charge in [-0.05, 0) is 17.7 Å². The van der Waals surface area contributed by atoms with Gasteiger partial charge in [0, 0.05) is 10.6 Å². The summed E-state index contributed by atoms with van der Waals surface area (Å²) < 4.78 is 26.8. The summed E-state index contributed by atoms with van der Waals surface area (Å²) in [6, 6.07) is 16.1. The molecule has 0 bridgehead atoms. The quantitative estimate of drug-likeness (QED) is 0.746. The van der Waals surface area contributed by atoms with E-state index in [9.17, 15) is 8.42 Å². The van der Waals surface area contributed by atoms with Crippen LogP contribution in [0.3, 0.4) is 0 Å². The Morgan fingerprint density at radius 2 is 1.70 bits per heavy atom. The summed E-state index contributed by atoms with van der Waals surface area (Å²) in [5.74, 6) is -0.148. The van der Waals surface area contributed by atoms with Crippen LogP contribution in [0.5, 0.6) is 0 Å². The highest BCUT2D eigenvalue weighted by Crippen LogP contribution is 2.26. The molecule has 0 radical (unpaired) electrons. The van der Waals surface area contributed by atoms with Gasteiger partial charge >= 0.3 is 0 Å². The summed E-state index contributed by atoms with van der Waals surface area (Å²) in [5.41, 5.74) is 1.54. The molecule has 0 spiro atoms. The number of nitrogens with one attached hydrogen (secondary N) is 1. The molecule has 5 nitrogen and oxygen atoms in total. The van der Waals surface area contributed by atoms with Crippen molar-refractivity contribution in [2.24, 2.45) is 0 Å². The van der Waals surface area contributed by atoms with Gasteiger partial charge < -0.3 is 0 Å². The third kappa shape index (κ3) is 4.28. The second-order valence-electron chi connectivity index (χ2n) is 4.77. The molecule has 0 aliphatic carbocycles. The standard InChI is InChI=1S/C15H12ClN3O2S2/c16-13-8-6-11(7-9-13)10-23(20,21)19-15-18-17-14(22-15)12-4-2-1-3-5-12/h1-9H,10H2,(H,18,19). The smallest absolute Gasteiger partial charge is 0.238 e. The first-order valence-corrected chi connectivity index (χ1v) is 9.50. The van der Waals surface area contributed by atoms with E-state index in [-0.39, 0.29) is 10.9 Å². The fourth-order valence-corrected chi connectivity index (χ4v) is 4.22. The van der Waals surface area contributed by atoms with Crippen molar-refractivity contribution in [3.8, 4) is 10.6 Å². The van der Waals surface area contributed by atoms with Crippen molar-refractivity contribution in [1.82, 2.24) is 10.2 Å². The van der Waals surface area contributed by atoms with Crippen LogP contribution in [-0.4, -0.2) is 18.6 Å². The van der Waals surface area contributed by atoms with Crippen LogP contribution in [0.15, 0.2) is 54.6 Å². The number of rotatable bonds is 5. The first-order valence-electron chi connectivity index (χ1n) is 6.66. The van der Waals surface area contributed by atoms with E-state index >= 15 is 0 Å². The molecule has 0 aliphatic heterocycles. The Labute approximate surface area is 143 Å². The fourth-order valence-electron chi connectivity index (χ4n) is 1.93. The SMILES string of the molecule is O=S(=O)(Cc1ccc(Cl)cc1)Nc1nnc(-c2ccccc2)s1. The van der Waals surface area contributed by atoms with Crippen molar-refractivity contribution in [2.75, 3.05) is 4.72 Å². The summed E-state index contributed by atoms with van der Waals surface area (Å²) in [6.07, 6.45) is 0. The van der Waals surface area contributed by atoms with Crippen LogP contribution in [0.25, 0.3) is 10.6 Å². The Bertz CT molecular complexity index is 894. The first kappa shape index (κ1) is 15.9. The van der Waals surface area contributed by atoms with Crippen molar-refractivity contribution in [3.63, 3.8) is 0 Å². The molecule has 3 rings (SSSR count). The molecule has 0 saturated heterocycles. The largest absolute Gasteiger partial charge is 0.257 e. The molecule has 0 saturated carbocycles. The van der Waals surface area contributed by atoms with E-state index in [1.54, 1.807) is 24.3 Å². The van der Waals surface area contributed by atoms with Crippen molar-refractivity contribution < 1.29 is 8.42 Å². The molecule has 1 aromatic heterocycles. The van der Waals surface area contributed by atoms with Gasteiger partial charge in [-0.15, -0.1) is 10.2 Å². The second-order valence-corrected chi connectivity index (χ2v) is 7.90. The number of benzene rings is 2. The van der Waals surface area contributed by atoms with Crippen molar-refractivity contribution in [2.45, 2.75) is 5.75 Å². The molecule has 1 N–H and O–H groups in total. The number of halogens is 1. The minimum Gasteiger partial charge on any atom is -0.257 e. The van der Waals surface area contributed by atoms with E-state index in [2.05, 4.69) is 14.9 Å². The van der Waals surface area contributed by atoms with Crippen LogP contribution >= 0.6 is 22.9 Å². The lowest BCUT2D eigenvalue weighted by molar-refractivity contribution is 0.600. The predicted octanol–water partition coefficient (Wildman–Crippen LogP) is 3.80. The molecule has 2 aromatic carbocycles. The molecular weight excluding hydrogens is 354 g/mol. The number of hydrogen-bond donors (Lipinski definition) is 1. The van der Waals surface area contributed by atoms with Gasteiger partial charge in [0.1, 0.15) is 5.01 Å². The number of nitrogens with zero attached hydrogens (tertiary/aromatic N) is 2. The summed E-state index contributed by atoms with van der Waals surface area (Å²) in [4.78, 5) is 0. The van der Waals surface area contributed by atoms with Crippen LogP contribution in [0.4, 0.5) is 5.13 Å². The van der Waals surface area contributed by atoms with Gasteiger partial charge in [-0.2, -0.15) is 0 Å². The molecule has 23 heavy (non-hydrogen) atoms. The van der Waals surface area contributed by atoms with Crippen molar-refractivity contribution >= 4 is 38.1 Å². The number of hydrogen-bond acceptors (Lipinski definition) is 5. The molecule has 3 aromatic rings. The molecule has 0 fully saturated rings. The average Bonchev–Trinajstić information content (AvgIpc) is 2.98. The maximum absolute atomic E-state index is 12.2. The topological polar surface area (TPSA) is 72.0 Å². The van der Waals surface area contributed by atoms with E-state index in [4.69, 9.17) is 11.6 Å². The van der Waals surface area contributed by atoms with E-state index in [0.717, 1.165) is 5.56 Å². The van der Waals surface area contributed by atoms with Crippen LogP contribution in [0.1, 0.15) is 5.56 Å². The van der Waals surface area contributed by atoms with Gasteiger partial charge in [-0.25, -0.2) is 8.42 Å². The minimum atomic E-state index is -3.55. The Hall–Kier alpha value is -1.96. The van der Waals surface area contributed by atoms with Gasteiger partial charge in [0.2, 0.25) is 15.2 Å². The lowest BCUT2D eigenvalue weighted by Gasteiger charge is -2.04. The summed E-state index contributed by atoms with van der Waals surface area (Å²) in [6.45, 7) is 0. The molecule has 0 amide bonds. The van der Waals surface area contributed by atoms with Crippen LogP contribution in [0.2, 0.25) is 5.02 Å². The highest BCUT2D eigenvalue weighted by Gasteiger charge is 2.15. The van der Waals surface area contributed by atoms with E-state index < -0.39 is 10.0 Å². The first-order chi connectivity index (χ1) is 11.0. The number of aromatic nitrogens is 2. The Morgan fingerprint density at radius 3 is 2.39 bits per heavy atom. The third-order valence-electron chi connectivity index (χ3n) is 2.96. The van der Waals surface area contributed by atoms with E-state index in [0.29, 0.717) is 15.6 Å². The average molecular weight is 366 g/mol. The fraction of sp³-hybridized carbons (Fsp3) is 0.0667. The molecule has 118 valence electrons. The minimum absolute atomic E-state index is 0.148. The third-order valence-corrected chi connectivity index (χ3v) is 5.45. The normalized spacial score (nSPS) is 11.3. The Balaban J connectivity index is 1.73. The zero-order valence-corrected chi connectivity index (χ0v) is 14.2. The van der Waals surface area contributed by atoms with Crippen molar-refractivity contribution in [1.29, 1.82) is 0 Å². The van der Waals surface area contributed by atoms with Crippen LogP contribution in [-0.2, 0) is 15.8 Å². The van der Waals surface area contributed by atoms with Crippen LogP contribution < -0.4 is 4.72 Å². The maximum atomic E-state index is 12.2. The van der Waals surface area contributed by atoms with Gasteiger partial charge in [-0.1, -0.05) is 65.4 Å². The lowest BCUT2D eigenvalue weighted by Crippen LogP contribution is -2.14. The molecule has 8 heteroatoms. The molecule has 0 unspecified atom stereocenters. The molecule has 0 aliphatic rings.